The van der Waals surface area contributed by atoms with Gasteiger partial charge in [0.2, 0.25) is 0 Å². The van der Waals surface area contributed by atoms with E-state index in [1.54, 1.807) is 12.3 Å². The van der Waals surface area contributed by atoms with Gasteiger partial charge in [0.1, 0.15) is 5.75 Å². The number of hydrogen-bond donors (Lipinski definition) is 2. The summed E-state index contributed by atoms with van der Waals surface area (Å²) in [7, 11) is 2.05. The summed E-state index contributed by atoms with van der Waals surface area (Å²) in [4.78, 5) is 6.55. The Bertz CT molecular complexity index is 895. The van der Waals surface area contributed by atoms with Gasteiger partial charge < -0.3 is 10.4 Å². The van der Waals surface area contributed by atoms with Crippen LogP contribution in [0, 0.1) is 0 Å². The number of aromatic nitrogens is 1. The van der Waals surface area contributed by atoms with Crippen molar-refractivity contribution in [3.8, 4) is 5.75 Å². The van der Waals surface area contributed by atoms with Crippen LogP contribution in [0.2, 0.25) is 5.02 Å². The first-order valence-corrected chi connectivity index (χ1v) is 8.65. The number of nitrogens with zero attached hydrogens (tertiary/aromatic N) is 2. The maximum Gasteiger partial charge on any atom is 0.120 e. The number of aromatic hydroxyl groups is 1. The van der Waals surface area contributed by atoms with Crippen molar-refractivity contribution >= 4 is 33.9 Å². The molecule has 2 N–H and O–H groups in total. The Morgan fingerprint density at radius 3 is 2.72 bits per heavy atom. The highest BCUT2D eigenvalue weighted by Gasteiger charge is 2.10. The molecule has 0 saturated heterocycles. The van der Waals surface area contributed by atoms with Gasteiger partial charge in [-0.15, -0.1) is 0 Å². The lowest BCUT2D eigenvalue weighted by Crippen LogP contribution is -2.25. The summed E-state index contributed by atoms with van der Waals surface area (Å²) in [5.41, 5.74) is 3.61. The van der Waals surface area contributed by atoms with E-state index in [2.05, 4.69) is 29.0 Å². The number of rotatable bonds is 5. The Hall–Kier alpha value is -2.30. The third-order valence-electron chi connectivity index (χ3n) is 4.36. The van der Waals surface area contributed by atoms with Crippen molar-refractivity contribution in [1.82, 2.24) is 9.88 Å². The second-order valence-corrected chi connectivity index (χ2v) is 6.93. The largest absolute Gasteiger partial charge is 0.508 e. The van der Waals surface area contributed by atoms with Crippen LogP contribution < -0.4 is 5.32 Å². The first kappa shape index (κ1) is 17.5. The van der Waals surface area contributed by atoms with Gasteiger partial charge in [0.15, 0.2) is 0 Å². The molecular weight excluding hydrogens is 334 g/mol. The van der Waals surface area contributed by atoms with E-state index in [-0.39, 0.29) is 0 Å². The Balaban J connectivity index is 1.91. The fraction of sp³-hybridized carbons (Fsp3) is 0.250. The van der Waals surface area contributed by atoms with Crippen LogP contribution in [0.25, 0.3) is 10.9 Å². The predicted molar refractivity (Wildman–Crippen MR) is 105 cm³/mol. The molecule has 0 saturated carbocycles. The zero-order valence-corrected chi connectivity index (χ0v) is 15.4. The Morgan fingerprint density at radius 1 is 1.16 bits per heavy atom. The number of hydrogen-bond acceptors (Lipinski definition) is 4. The van der Waals surface area contributed by atoms with Crippen LogP contribution in [0.1, 0.15) is 19.4 Å². The maximum absolute atomic E-state index is 10.2. The summed E-state index contributed by atoms with van der Waals surface area (Å²) >= 11 is 6.05. The summed E-state index contributed by atoms with van der Waals surface area (Å²) in [5, 5.41) is 15.2. The van der Waals surface area contributed by atoms with E-state index in [4.69, 9.17) is 11.6 Å². The Morgan fingerprint density at radius 2 is 1.96 bits per heavy atom. The van der Waals surface area contributed by atoms with Gasteiger partial charge in [-0.3, -0.25) is 9.88 Å². The summed E-state index contributed by atoms with van der Waals surface area (Å²) < 4.78 is 0. The van der Waals surface area contributed by atoms with Crippen LogP contribution >= 0.6 is 11.6 Å². The number of phenolic OH excluding ortho intramolecular Hbond substituents is 1. The monoisotopic (exact) mass is 355 g/mol. The van der Waals surface area contributed by atoms with E-state index < -0.39 is 0 Å². The average Bonchev–Trinajstić information content (AvgIpc) is 2.57. The lowest BCUT2D eigenvalue weighted by Gasteiger charge is -2.22. The molecule has 1 heterocycles. The molecule has 2 aromatic carbocycles. The van der Waals surface area contributed by atoms with E-state index in [0.717, 1.165) is 27.8 Å². The number of fused-ring (bicyclic) bond motifs is 1. The SMILES string of the molecule is CC(C)N(C)Cc1cc(Nc2ccnc3cc(Cl)ccc23)ccc1O. The predicted octanol–water partition coefficient (Wildman–Crippen LogP) is 5.18. The molecule has 0 aliphatic rings. The van der Waals surface area contributed by atoms with Crippen LogP contribution in [0.15, 0.2) is 48.7 Å². The second kappa shape index (κ2) is 7.30. The fourth-order valence-corrected chi connectivity index (χ4v) is 2.79. The number of phenols is 1. The van der Waals surface area contributed by atoms with Crippen LogP contribution in [0.5, 0.6) is 5.75 Å². The first-order chi connectivity index (χ1) is 11.9. The minimum atomic E-state index is 0.310. The van der Waals surface area contributed by atoms with Gasteiger partial charge in [-0.05, 0) is 63.4 Å². The molecule has 0 spiro atoms. The van der Waals surface area contributed by atoms with Crippen LogP contribution in [0.3, 0.4) is 0 Å². The minimum absolute atomic E-state index is 0.310. The minimum Gasteiger partial charge on any atom is -0.508 e. The molecule has 0 radical (unpaired) electrons. The van der Waals surface area contributed by atoms with Crippen molar-refractivity contribution in [2.45, 2.75) is 26.4 Å². The lowest BCUT2D eigenvalue weighted by atomic mass is 10.1. The van der Waals surface area contributed by atoms with E-state index >= 15 is 0 Å². The number of pyridine rings is 1. The van der Waals surface area contributed by atoms with Crippen molar-refractivity contribution in [1.29, 1.82) is 0 Å². The highest BCUT2D eigenvalue weighted by molar-refractivity contribution is 6.31. The molecule has 0 aliphatic carbocycles. The number of anilines is 2. The third kappa shape index (κ3) is 4.03. The van der Waals surface area contributed by atoms with Crippen molar-refractivity contribution in [2.75, 3.05) is 12.4 Å². The average molecular weight is 356 g/mol. The molecule has 130 valence electrons. The first-order valence-electron chi connectivity index (χ1n) is 8.27. The summed E-state index contributed by atoms with van der Waals surface area (Å²) in [6.45, 7) is 4.95. The molecular formula is C20H22ClN3O. The van der Waals surface area contributed by atoms with Gasteiger partial charge in [0, 0.05) is 46.1 Å². The Labute approximate surface area is 153 Å². The van der Waals surface area contributed by atoms with Gasteiger partial charge in [-0.1, -0.05) is 11.6 Å². The summed E-state index contributed by atoms with van der Waals surface area (Å²) in [5.74, 6) is 0.310. The summed E-state index contributed by atoms with van der Waals surface area (Å²) in [6.07, 6.45) is 1.76. The molecule has 4 nitrogen and oxygen atoms in total. The second-order valence-electron chi connectivity index (χ2n) is 6.50. The zero-order valence-electron chi connectivity index (χ0n) is 14.6. The molecule has 0 fully saturated rings. The topological polar surface area (TPSA) is 48.4 Å². The molecule has 3 aromatic rings. The molecule has 0 unspecified atom stereocenters. The van der Waals surface area contributed by atoms with E-state index in [1.165, 1.54) is 0 Å². The molecule has 25 heavy (non-hydrogen) atoms. The summed E-state index contributed by atoms with van der Waals surface area (Å²) in [6, 6.07) is 13.6. The smallest absolute Gasteiger partial charge is 0.120 e. The standard InChI is InChI=1S/C20H22ClN3O/c1-13(2)24(3)12-14-10-16(5-7-20(14)25)23-18-8-9-22-19-11-15(21)4-6-17(18)19/h4-11,13,25H,12H2,1-3H3,(H,22,23). The number of benzene rings is 2. The Kier molecular flexibility index (Phi) is 5.11. The van der Waals surface area contributed by atoms with E-state index in [0.29, 0.717) is 23.4 Å². The molecule has 3 rings (SSSR count). The normalized spacial score (nSPS) is 11.4. The van der Waals surface area contributed by atoms with Crippen molar-refractivity contribution in [3.05, 3.63) is 59.2 Å². The van der Waals surface area contributed by atoms with Gasteiger partial charge in [0.25, 0.3) is 0 Å². The van der Waals surface area contributed by atoms with Crippen LogP contribution in [0.4, 0.5) is 11.4 Å². The van der Waals surface area contributed by atoms with E-state index in [1.807, 2.05) is 43.4 Å². The van der Waals surface area contributed by atoms with Gasteiger partial charge >= 0.3 is 0 Å². The number of halogens is 1. The third-order valence-corrected chi connectivity index (χ3v) is 4.60. The van der Waals surface area contributed by atoms with Gasteiger partial charge in [0.05, 0.1) is 5.52 Å². The zero-order chi connectivity index (χ0) is 18.0. The quantitative estimate of drug-likeness (QED) is 0.619. The molecule has 1 aromatic heterocycles. The van der Waals surface area contributed by atoms with Crippen molar-refractivity contribution in [3.63, 3.8) is 0 Å². The van der Waals surface area contributed by atoms with Crippen molar-refractivity contribution in [2.24, 2.45) is 0 Å². The lowest BCUT2D eigenvalue weighted by molar-refractivity contribution is 0.262. The highest BCUT2D eigenvalue weighted by atomic mass is 35.5. The molecule has 0 aliphatic heterocycles. The molecule has 0 atom stereocenters. The fourth-order valence-electron chi connectivity index (χ4n) is 2.63. The van der Waals surface area contributed by atoms with Gasteiger partial charge in [-0.2, -0.15) is 0 Å². The van der Waals surface area contributed by atoms with Crippen molar-refractivity contribution < 1.29 is 5.11 Å². The highest BCUT2D eigenvalue weighted by Crippen LogP contribution is 2.29. The van der Waals surface area contributed by atoms with E-state index in [9.17, 15) is 5.11 Å². The maximum atomic E-state index is 10.2. The van der Waals surface area contributed by atoms with Crippen LogP contribution in [-0.4, -0.2) is 28.1 Å². The van der Waals surface area contributed by atoms with Crippen LogP contribution in [-0.2, 0) is 6.54 Å². The molecule has 0 bridgehead atoms. The van der Waals surface area contributed by atoms with Gasteiger partial charge in [-0.25, -0.2) is 0 Å². The number of nitrogens with one attached hydrogen (secondary N) is 1. The molecule has 5 heteroatoms. The molecule has 0 amide bonds.